The molecule has 3 aromatic rings. The van der Waals surface area contributed by atoms with Gasteiger partial charge in [-0.05, 0) is 54.8 Å². The standard InChI is InChI=1S/C28H33N3O5/c1-6-11-29-27(33)17(2)12-18-7-10-24-22(13-18)23(16-30-24)21(15-26(32)31(3)4)20-9-8-19(28(34)35)14-25(20)36-5/h7-10,12-14,16,21,30H,6,11,15H2,1-5H3,(H,29,33)(H,34,35)/b17-12+. The first-order valence-electron chi connectivity index (χ1n) is 11.8. The summed E-state index contributed by atoms with van der Waals surface area (Å²) < 4.78 is 5.55. The normalized spacial score (nSPS) is 12.3. The van der Waals surface area contributed by atoms with Crippen LogP contribution in [0.2, 0.25) is 0 Å². The van der Waals surface area contributed by atoms with Crippen LogP contribution >= 0.6 is 0 Å². The van der Waals surface area contributed by atoms with Gasteiger partial charge in [0.25, 0.3) is 0 Å². The summed E-state index contributed by atoms with van der Waals surface area (Å²) in [5.74, 6) is -1.22. The topological polar surface area (TPSA) is 112 Å². The van der Waals surface area contributed by atoms with Crippen molar-refractivity contribution in [3.05, 3.63) is 70.4 Å². The summed E-state index contributed by atoms with van der Waals surface area (Å²) >= 11 is 0. The molecule has 2 amide bonds. The first-order chi connectivity index (χ1) is 17.2. The van der Waals surface area contributed by atoms with Gasteiger partial charge in [0, 0.05) is 61.2 Å². The number of carboxylic acid groups (broad SMARTS) is 1. The number of carbonyl (C=O) groups is 3. The maximum atomic E-state index is 12.8. The summed E-state index contributed by atoms with van der Waals surface area (Å²) in [5.41, 5.74) is 4.05. The van der Waals surface area contributed by atoms with Gasteiger partial charge in [0.15, 0.2) is 0 Å². The number of ether oxygens (including phenoxy) is 1. The Morgan fingerprint density at radius 1 is 1.14 bits per heavy atom. The van der Waals surface area contributed by atoms with E-state index in [0.717, 1.165) is 34.0 Å². The number of methoxy groups -OCH3 is 1. The third-order valence-electron chi connectivity index (χ3n) is 6.12. The first kappa shape index (κ1) is 26.5. The van der Waals surface area contributed by atoms with Crippen LogP contribution in [0.25, 0.3) is 17.0 Å². The van der Waals surface area contributed by atoms with Crippen molar-refractivity contribution < 1.29 is 24.2 Å². The molecule has 0 aliphatic carbocycles. The average molecular weight is 492 g/mol. The Kier molecular flexibility index (Phi) is 8.53. The van der Waals surface area contributed by atoms with E-state index in [1.807, 2.05) is 37.4 Å². The number of nitrogens with one attached hydrogen (secondary N) is 2. The van der Waals surface area contributed by atoms with E-state index in [1.54, 1.807) is 27.1 Å². The number of benzene rings is 2. The van der Waals surface area contributed by atoms with Crippen LogP contribution in [0.1, 0.15) is 59.7 Å². The zero-order chi connectivity index (χ0) is 26.4. The Morgan fingerprint density at radius 2 is 1.89 bits per heavy atom. The van der Waals surface area contributed by atoms with Crippen LogP contribution in [0.3, 0.4) is 0 Å². The van der Waals surface area contributed by atoms with Crippen LogP contribution in [0.15, 0.2) is 48.2 Å². The van der Waals surface area contributed by atoms with Crippen LogP contribution in [0.5, 0.6) is 5.75 Å². The summed E-state index contributed by atoms with van der Waals surface area (Å²) in [7, 11) is 4.89. The maximum absolute atomic E-state index is 12.8. The molecule has 8 nitrogen and oxygen atoms in total. The van der Waals surface area contributed by atoms with Crippen LogP contribution in [0.4, 0.5) is 0 Å². The molecule has 0 saturated heterocycles. The molecule has 2 aromatic carbocycles. The van der Waals surface area contributed by atoms with Gasteiger partial charge in [-0.3, -0.25) is 9.59 Å². The Hall–Kier alpha value is -4.07. The number of fused-ring (bicyclic) bond motifs is 1. The fourth-order valence-electron chi connectivity index (χ4n) is 4.11. The number of amides is 2. The number of nitrogens with zero attached hydrogens (tertiary/aromatic N) is 1. The second kappa shape index (κ2) is 11.6. The molecule has 1 unspecified atom stereocenters. The van der Waals surface area contributed by atoms with Gasteiger partial charge >= 0.3 is 5.97 Å². The van der Waals surface area contributed by atoms with Crippen molar-refractivity contribution in [1.82, 2.24) is 15.2 Å². The smallest absolute Gasteiger partial charge is 0.335 e. The number of aromatic carboxylic acids is 1. The molecule has 1 atom stereocenters. The number of H-pyrrole nitrogens is 1. The van der Waals surface area contributed by atoms with E-state index in [1.165, 1.54) is 24.1 Å². The van der Waals surface area contributed by atoms with Crippen molar-refractivity contribution in [2.75, 3.05) is 27.7 Å². The molecule has 36 heavy (non-hydrogen) atoms. The summed E-state index contributed by atoms with van der Waals surface area (Å²) in [6, 6.07) is 10.6. The molecule has 0 bridgehead atoms. The average Bonchev–Trinajstić information content (AvgIpc) is 3.28. The van der Waals surface area contributed by atoms with Gasteiger partial charge in [-0.1, -0.05) is 19.1 Å². The summed E-state index contributed by atoms with van der Waals surface area (Å²) in [4.78, 5) is 41.5. The summed E-state index contributed by atoms with van der Waals surface area (Å²) in [6.45, 7) is 4.40. The van der Waals surface area contributed by atoms with Crippen molar-refractivity contribution >= 4 is 34.8 Å². The van der Waals surface area contributed by atoms with Crippen molar-refractivity contribution in [3.8, 4) is 5.75 Å². The van der Waals surface area contributed by atoms with Gasteiger partial charge in [-0.2, -0.15) is 0 Å². The quantitative estimate of drug-likeness (QED) is 0.364. The summed E-state index contributed by atoms with van der Waals surface area (Å²) in [6.07, 6.45) is 4.74. The van der Waals surface area contributed by atoms with E-state index in [9.17, 15) is 19.5 Å². The summed E-state index contributed by atoms with van der Waals surface area (Å²) in [5, 5.41) is 13.2. The lowest BCUT2D eigenvalue weighted by atomic mass is 9.86. The van der Waals surface area contributed by atoms with Crippen molar-refractivity contribution in [2.24, 2.45) is 0 Å². The second-order valence-electron chi connectivity index (χ2n) is 8.94. The van der Waals surface area contributed by atoms with Crippen molar-refractivity contribution in [3.63, 3.8) is 0 Å². The predicted octanol–water partition coefficient (Wildman–Crippen LogP) is 4.41. The number of carboxylic acids is 1. The first-order valence-corrected chi connectivity index (χ1v) is 11.8. The zero-order valence-electron chi connectivity index (χ0n) is 21.3. The SMILES string of the molecule is CCCNC(=O)/C(C)=C/c1ccc2[nH]cc(C(CC(=O)N(C)C)c3ccc(C(=O)O)cc3OC)c2c1. The van der Waals surface area contributed by atoms with Crippen molar-refractivity contribution in [1.29, 1.82) is 0 Å². The number of rotatable bonds is 10. The Labute approximate surface area is 211 Å². The Balaban J connectivity index is 2.12. The largest absolute Gasteiger partial charge is 0.496 e. The zero-order valence-corrected chi connectivity index (χ0v) is 21.3. The van der Waals surface area contributed by atoms with Crippen LogP contribution < -0.4 is 10.1 Å². The molecule has 0 aliphatic heterocycles. The molecule has 3 rings (SSSR count). The molecule has 3 N–H and O–H groups in total. The van der Waals surface area contributed by atoms with E-state index in [0.29, 0.717) is 17.9 Å². The molecule has 1 aromatic heterocycles. The highest BCUT2D eigenvalue weighted by molar-refractivity contribution is 5.98. The third-order valence-corrected chi connectivity index (χ3v) is 6.12. The molecule has 190 valence electrons. The minimum absolute atomic E-state index is 0.0711. The molecular weight excluding hydrogens is 458 g/mol. The minimum atomic E-state index is -1.05. The minimum Gasteiger partial charge on any atom is -0.496 e. The van der Waals surface area contributed by atoms with Crippen LogP contribution in [0, 0.1) is 0 Å². The van der Waals surface area contributed by atoms with Gasteiger partial charge in [-0.25, -0.2) is 4.79 Å². The number of aromatic nitrogens is 1. The highest BCUT2D eigenvalue weighted by Crippen LogP contribution is 2.39. The van der Waals surface area contributed by atoms with Crippen LogP contribution in [-0.4, -0.2) is 60.5 Å². The third kappa shape index (κ3) is 5.94. The monoisotopic (exact) mass is 491 g/mol. The molecule has 0 spiro atoms. The highest BCUT2D eigenvalue weighted by Gasteiger charge is 2.26. The molecule has 1 heterocycles. The molecular formula is C28H33N3O5. The fraction of sp³-hybridized carbons (Fsp3) is 0.321. The Morgan fingerprint density at radius 3 is 2.53 bits per heavy atom. The molecule has 0 aliphatic rings. The van der Waals surface area contributed by atoms with Gasteiger partial charge in [0.05, 0.1) is 12.7 Å². The highest BCUT2D eigenvalue weighted by atomic mass is 16.5. The van der Waals surface area contributed by atoms with Gasteiger partial charge in [0.1, 0.15) is 5.75 Å². The lowest BCUT2D eigenvalue weighted by Crippen LogP contribution is -2.24. The van der Waals surface area contributed by atoms with E-state index in [2.05, 4.69) is 10.3 Å². The maximum Gasteiger partial charge on any atom is 0.335 e. The van der Waals surface area contributed by atoms with Gasteiger partial charge in [-0.15, -0.1) is 0 Å². The molecule has 0 radical (unpaired) electrons. The van der Waals surface area contributed by atoms with Crippen LogP contribution in [-0.2, 0) is 9.59 Å². The van der Waals surface area contributed by atoms with Gasteiger partial charge in [0.2, 0.25) is 11.8 Å². The van der Waals surface area contributed by atoms with Crippen molar-refractivity contribution in [2.45, 2.75) is 32.6 Å². The Bertz CT molecular complexity index is 1310. The molecule has 8 heteroatoms. The number of aromatic amines is 1. The van der Waals surface area contributed by atoms with E-state index >= 15 is 0 Å². The lowest BCUT2D eigenvalue weighted by molar-refractivity contribution is -0.128. The predicted molar refractivity (Wildman–Crippen MR) is 140 cm³/mol. The van der Waals surface area contributed by atoms with E-state index < -0.39 is 5.97 Å². The molecule has 0 fully saturated rings. The second-order valence-corrected chi connectivity index (χ2v) is 8.94. The fourth-order valence-corrected chi connectivity index (χ4v) is 4.11. The van der Waals surface area contributed by atoms with E-state index in [4.69, 9.17) is 4.74 Å². The number of hydrogen-bond donors (Lipinski definition) is 3. The lowest BCUT2D eigenvalue weighted by Gasteiger charge is -2.22. The number of hydrogen-bond acceptors (Lipinski definition) is 4. The molecule has 0 saturated carbocycles. The number of carbonyl (C=O) groups excluding carboxylic acids is 2. The van der Waals surface area contributed by atoms with Gasteiger partial charge < -0.3 is 25.0 Å². The van der Waals surface area contributed by atoms with E-state index in [-0.39, 0.29) is 29.7 Å².